The van der Waals surface area contributed by atoms with Gasteiger partial charge in [0, 0.05) is 12.0 Å². The fourth-order valence-corrected chi connectivity index (χ4v) is 3.12. The molecule has 0 spiro atoms. The summed E-state index contributed by atoms with van der Waals surface area (Å²) in [6.45, 7) is 2.82. The van der Waals surface area contributed by atoms with Crippen molar-refractivity contribution in [3.63, 3.8) is 0 Å². The zero-order valence-corrected chi connectivity index (χ0v) is 16.2. The lowest BCUT2D eigenvalue weighted by molar-refractivity contribution is -0.138. The molecule has 1 amide bonds. The lowest BCUT2D eigenvalue weighted by Crippen LogP contribution is -2.33. The topological polar surface area (TPSA) is 106 Å². The fraction of sp³-hybridized carbons (Fsp3) is 0.227. The average Bonchev–Trinajstić information content (AvgIpc) is 2.68. The molecular weight excluding hydrogens is 374 g/mol. The van der Waals surface area contributed by atoms with Gasteiger partial charge in [-0.15, -0.1) is 0 Å². The number of benzene rings is 2. The van der Waals surface area contributed by atoms with Gasteiger partial charge in [0.2, 0.25) is 0 Å². The van der Waals surface area contributed by atoms with Gasteiger partial charge in [0.05, 0.1) is 5.39 Å². The number of nitrogens with one attached hydrogen (secondary N) is 1. The molecule has 3 rings (SSSR count). The SMILES string of the molecule is Cc1cc(OCC(=O)NCC(=O)O)c2c(C)c(Cc3ccccc3)c(=O)oc2c1. The zero-order chi connectivity index (χ0) is 21.0. The second kappa shape index (κ2) is 8.60. The Hall–Kier alpha value is -3.61. The number of amides is 1. The minimum atomic E-state index is -1.14. The number of aliphatic carboxylic acids is 1. The first kappa shape index (κ1) is 20.1. The number of carbonyl (C=O) groups excluding carboxylic acids is 1. The van der Waals surface area contributed by atoms with Crippen LogP contribution in [0.1, 0.15) is 22.3 Å². The Morgan fingerprint density at radius 3 is 2.55 bits per heavy atom. The molecule has 7 heteroatoms. The molecule has 0 unspecified atom stereocenters. The van der Waals surface area contributed by atoms with E-state index >= 15 is 0 Å². The third kappa shape index (κ3) is 4.82. The molecule has 1 heterocycles. The van der Waals surface area contributed by atoms with E-state index < -0.39 is 24.0 Å². The third-order valence-electron chi connectivity index (χ3n) is 4.51. The maximum atomic E-state index is 12.6. The summed E-state index contributed by atoms with van der Waals surface area (Å²) in [5, 5.41) is 11.5. The maximum absolute atomic E-state index is 12.6. The quantitative estimate of drug-likeness (QED) is 0.596. The molecule has 0 aliphatic carbocycles. The van der Waals surface area contributed by atoms with E-state index in [0.717, 1.165) is 16.7 Å². The Balaban J connectivity index is 1.97. The van der Waals surface area contributed by atoms with Crippen molar-refractivity contribution in [2.24, 2.45) is 0 Å². The largest absolute Gasteiger partial charge is 0.483 e. The van der Waals surface area contributed by atoms with Crippen molar-refractivity contribution >= 4 is 22.8 Å². The van der Waals surface area contributed by atoms with Gasteiger partial charge in [0.1, 0.15) is 17.9 Å². The van der Waals surface area contributed by atoms with Crippen LogP contribution in [0.2, 0.25) is 0 Å². The van der Waals surface area contributed by atoms with E-state index in [4.69, 9.17) is 14.3 Å². The summed E-state index contributed by atoms with van der Waals surface area (Å²) < 4.78 is 11.2. The Bertz CT molecular complexity index is 1120. The minimum absolute atomic E-state index is 0.349. The summed E-state index contributed by atoms with van der Waals surface area (Å²) in [6.07, 6.45) is 0.414. The van der Waals surface area contributed by atoms with Crippen molar-refractivity contribution in [2.75, 3.05) is 13.2 Å². The van der Waals surface area contributed by atoms with Gasteiger partial charge < -0.3 is 19.6 Å². The number of carboxylic acid groups (broad SMARTS) is 1. The Labute approximate surface area is 166 Å². The molecule has 29 heavy (non-hydrogen) atoms. The van der Waals surface area contributed by atoms with Gasteiger partial charge in [-0.3, -0.25) is 9.59 Å². The molecular formula is C22H21NO6. The predicted octanol–water partition coefficient (Wildman–Crippen LogP) is 2.58. The molecule has 3 aromatic rings. The molecule has 0 radical (unpaired) electrons. The standard InChI is InChI=1S/C22H21NO6/c1-13-8-17(28-12-19(24)23-11-20(25)26)21-14(2)16(22(27)29-18(21)9-13)10-15-6-4-3-5-7-15/h3-9H,10-12H2,1-2H3,(H,23,24)(H,25,26). The summed E-state index contributed by atoms with van der Waals surface area (Å²) >= 11 is 0. The lowest BCUT2D eigenvalue weighted by atomic mass is 9.98. The van der Waals surface area contributed by atoms with Crippen LogP contribution in [0, 0.1) is 13.8 Å². The van der Waals surface area contributed by atoms with Crippen molar-refractivity contribution in [3.05, 3.63) is 75.1 Å². The van der Waals surface area contributed by atoms with E-state index in [1.54, 1.807) is 12.1 Å². The molecule has 0 atom stereocenters. The van der Waals surface area contributed by atoms with Crippen LogP contribution in [-0.2, 0) is 16.0 Å². The van der Waals surface area contributed by atoms with Gasteiger partial charge in [-0.2, -0.15) is 0 Å². The van der Waals surface area contributed by atoms with Crippen LogP contribution >= 0.6 is 0 Å². The first-order valence-electron chi connectivity index (χ1n) is 9.07. The zero-order valence-electron chi connectivity index (χ0n) is 16.2. The number of hydrogen-bond acceptors (Lipinski definition) is 5. The number of hydrogen-bond donors (Lipinski definition) is 2. The monoisotopic (exact) mass is 395 g/mol. The molecule has 0 fully saturated rings. The summed E-state index contributed by atoms with van der Waals surface area (Å²) in [7, 11) is 0. The molecule has 7 nitrogen and oxygen atoms in total. The van der Waals surface area contributed by atoms with Crippen LogP contribution in [0.3, 0.4) is 0 Å². The maximum Gasteiger partial charge on any atom is 0.340 e. The number of rotatable bonds is 7. The predicted molar refractivity (Wildman–Crippen MR) is 107 cm³/mol. The molecule has 1 aromatic heterocycles. The van der Waals surface area contributed by atoms with Crippen molar-refractivity contribution in [1.29, 1.82) is 0 Å². The van der Waals surface area contributed by atoms with Crippen molar-refractivity contribution in [3.8, 4) is 5.75 Å². The molecule has 0 saturated carbocycles. The molecule has 2 N–H and O–H groups in total. The van der Waals surface area contributed by atoms with Gasteiger partial charge in [0.25, 0.3) is 5.91 Å². The highest BCUT2D eigenvalue weighted by Crippen LogP contribution is 2.31. The lowest BCUT2D eigenvalue weighted by Gasteiger charge is -2.14. The van der Waals surface area contributed by atoms with E-state index in [0.29, 0.717) is 28.7 Å². The van der Waals surface area contributed by atoms with Crippen LogP contribution in [0.5, 0.6) is 5.75 Å². The van der Waals surface area contributed by atoms with Crippen molar-refractivity contribution in [1.82, 2.24) is 5.32 Å². The van der Waals surface area contributed by atoms with Gasteiger partial charge in [0.15, 0.2) is 6.61 Å². The van der Waals surface area contributed by atoms with Gasteiger partial charge in [-0.25, -0.2) is 4.79 Å². The number of carboxylic acids is 1. The van der Waals surface area contributed by atoms with E-state index in [9.17, 15) is 14.4 Å². The Kier molecular flexibility index (Phi) is 5.97. The molecule has 0 aliphatic heterocycles. The molecule has 0 aliphatic rings. The number of aryl methyl sites for hydroxylation is 2. The highest BCUT2D eigenvalue weighted by Gasteiger charge is 2.17. The Morgan fingerprint density at radius 2 is 1.86 bits per heavy atom. The van der Waals surface area contributed by atoms with E-state index in [1.807, 2.05) is 44.2 Å². The van der Waals surface area contributed by atoms with Crippen LogP contribution in [0.15, 0.2) is 51.7 Å². The smallest absolute Gasteiger partial charge is 0.340 e. The van der Waals surface area contributed by atoms with Crippen LogP contribution in [0.4, 0.5) is 0 Å². The fourth-order valence-electron chi connectivity index (χ4n) is 3.12. The number of fused-ring (bicyclic) bond motifs is 1. The van der Waals surface area contributed by atoms with Crippen molar-refractivity contribution in [2.45, 2.75) is 20.3 Å². The van der Waals surface area contributed by atoms with Crippen LogP contribution in [0.25, 0.3) is 11.0 Å². The second-order valence-electron chi connectivity index (χ2n) is 6.75. The highest BCUT2D eigenvalue weighted by molar-refractivity contribution is 5.89. The average molecular weight is 395 g/mol. The second-order valence-corrected chi connectivity index (χ2v) is 6.75. The summed E-state index contributed by atoms with van der Waals surface area (Å²) in [5.41, 5.74) is 3.00. The van der Waals surface area contributed by atoms with Gasteiger partial charge in [-0.1, -0.05) is 30.3 Å². The highest BCUT2D eigenvalue weighted by atomic mass is 16.5. The summed E-state index contributed by atoms with van der Waals surface area (Å²) in [4.78, 5) is 34.9. The van der Waals surface area contributed by atoms with E-state index in [-0.39, 0.29) is 6.61 Å². The first-order chi connectivity index (χ1) is 13.8. The molecule has 0 bridgehead atoms. The number of ether oxygens (including phenoxy) is 1. The molecule has 0 saturated heterocycles. The van der Waals surface area contributed by atoms with E-state index in [2.05, 4.69) is 5.32 Å². The summed E-state index contributed by atoms with van der Waals surface area (Å²) in [5.74, 6) is -1.29. The minimum Gasteiger partial charge on any atom is -0.483 e. The van der Waals surface area contributed by atoms with Gasteiger partial charge in [-0.05, 0) is 42.7 Å². The third-order valence-corrected chi connectivity index (χ3v) is 4.51. The Morgan fingerprint density at radius 1 is 1.14 bits per heavy atom. The molecule has 2 aromatic carbocycles. The number of carbonyl (C=O) groups is 2. The van der Waals surface area contributed by atoms with Crippen molar-refractivity contribution < 1.29 is 23.8 Å². The van der Waals surface area contributed by atoms with Crippen LogP contribution in [-0.4, -0.2) is 30.1 Å². The summed E-state index contributed by atoms with van der Waals surface area (Å²) in [6, 6.07) is 13.1. The van der Waals surface area contributed by atoms with Gasteiger partial charge >= 0.3 is 11.6 Å². The molecule has 150 valence electrons. The van der Waals surface area contributed by atoms with Crippen LogP contribution < -0.4 is 15.7 Å². The van der Waals surface area contributed by atoms with E-state index in [1.165, 1.54) is 0 Å². The normalized spacial score (nSPS) is 10.7. The first-order valence-corrected chi connectivity index (χ1v) is 9.07.